The lowest BCUT2D eigenvalue weighted by atomic mass is 9.96. The third-order valence-corrected chi connectivity index (χ3v) is 3.01. The Kier molecular flexibility index (Phi) is 4.00. The van der Waals surface area contributed by atoms with E-state index in [2.05, 4.69) is 0 Å². The maximum absolute atomic E-state index is 13.0. The van der Waals surface area contributed by atoms with Crippen LogP contribution in [0.4, 0.5) is 26.3 Å². The van der Waals surface area contributed by atoms with Gasteiger partial charge in [0.15, 0.2) is 0 Å². The van der Waals surface area contributed by atoms with Crippen molar-refractivity contribution < 1.29 is 31.1 Å². The first-order valence-electron chi connectivity index (χ1n) is 5.97. The van der Waals surface area contributed by atoms with Gasteiger partial charge < -0.3 is 0 Å². The summed E-state index contributed by atoms with van der Waals surface area (Å²) in [5.41, 5.74) is -2.79. The molecule has 2 rings (SSSR count). The molecule has 0 saturated carbocycles. The zero-order valence-corrected chi connectivity index (χ0v) is 10.8. The number of rotatable bonds is 2. The van der Waals surface area contributed by atoms with Crippen LogP contribution in [-0.2, 0) is 12.4 Å². The zero-order valence-electron chi connectivity index (χ0n) is 10.8. The second-order valence-corrected chi connectivity index (χ2v) is 4.50. The first kappa shape index (κ1) is 16.1. The van der Waals surface area contributed by atoms with Crippen molar-refractivity contribution in [1.29, 1.82) is 0 Å². The zero-order chi connectivity index (χ0) is 16.5. The van der Waals surface area contributed by atoms with Crippen molar-refractivity contribution in [2.75, 3.05) is 0 Å². The summed E-state index contributed by atoms with van der Waals surface area (Å²) < 4.78 is 76.8. The number of carbonyl (C=O) groups is 1. The van der Waals surface area contributed by atoms with Crippen molar-refractivity contribution in [3.05, 3.63) is 59.2 Å². The van der Waals surface area contributed by atoms with Gasteiger partial charge in [0.1, 0.15) is 6.29 Å². The van der Waals surface area contributed by atoms with Crippen LogP contribution >= 0.6 is 0 Å². The molecular formula is C15H8F6O. The van der Waals surface area contributed by atoms with E-state index in [9.17, 15) is 31.1 Å². The van der Waals surface area contributed by atoms with E-state index in [1.165, 1.54) is 24.3 Å². The lowest BCUT2D eigenvalue weighted by Gasteiger charge is -2.16. The Bertz CT molecular complexity index is 683. The lowest BCUT2D eigenvalue weighted by molar-refractivity contribution is -0.142. The van der Waals surface area contributed by atoms with Crippen molar-refractivity contribution in [3.63, 3.8) is 0 Å². The molecule has 0 aliphatic rings. The highest BCUT2D eigenvalue weighted by molar-refractivity contribution is 5.77. The topological polar surface area (TPSA) is 17.1 Å². The van der Waals surface area contributed by atoms with Crippen LogP contribution in [0.15, 0.2) is 42.5 Å². The maximum Gasteiger partial charge on any atom is 0.417 e. The molecule has 116 valence electrons. The van der Waals surface area contributed by atoms with E-state index >= 15 is 0 Å². The summed E-state index contributed by atoms with van der Waals surface area (Å²) >= 11 is 0. The predicted molar refractivity (Wildman–Crippen MR) is 67.3 cm³/mol. The minimum Gasteiger partial charge on any atom is -0.298 e. The molecule has 0 aliphatic carbocycles. The second-order valence-electron chi connectivity index (χ2n) is 4.50. The van der Waals surface area contributed by atoms with E-state index in [-0.39, 0.29) is 22.8 Å². The summed E-state index contributed by atoms with van der Waals surface area (Å²) in [6.07, 6.45) is -9.28. The third-order valence-electron chi connectivity index (χ3n) is 3.01. The highest BCUT2D eigenvalue weighted by atomic mass is 19.4. The molecule has 0 radical (unpaired) electrons. The van der Waals surface area contributed by atoms with Gasteiger partial charge in [0.05, 0.1) is 11.1 Å². The molecule has 0 N–H and O–H groups in total. The number of aldehydes is 1. The molecule has 22 heavy (non-hydrogen) atoms. The van der Waals surface area contributed by atoms with Gasteiger partial charge in [-0.2, -0.15) is 26.3 Å². The molecule has 0 unspecified atom stereocenters. The van der Waals surface area contributed by atoms with E-state index in [1.54, 1.807) is 0 Å². The molecule has 0 aromatic heterocycles. The van der Waals surface area contributed by atoms with Crippen LogP contribution in [0.1, 0.15) is 21.5 Å². The van der Waals surface area contributed by atoms with E-state index < -0.39 is 23.5 Å². The van der Waals surface area contributed by atoms with Gasteiger partial charge in [-0.3, -0.25) is 4.79 Å². The van der Waals surface area contributed by atoms with E-state index in [1.807, 2.05) is 0 Å². The van der Waals surface area contributed by atoms with Gasteiger partial charge in [-0.1, -0.05) is 30.3 Å². The number of hydrogen-bond donors (Lipinski definition) is 0. The monoisotopic (exact) mass is 318 g/mol. The van der Waals surface area contributed by atoms with Crippen LogP contribution in [0.25, 0.3) is 11.1 Å². The summed E-state index contributed by atoms with van der Waals surface area (Å²) in [5.74, 6) is 0. The normalized spacial score (nSPS) is 12.3. The second kappa shape index (κ2) is 5.47. The van der Waals surface area contributed by atoms with Crippen molar-refractivity contribution in [2.24, 2.45) is 0 Å². The minimum absolute atomic E-state index is 0.0756. The molecule has 0 spiro atoms. The Morgan fingerprint density at radius 3 is 1.82 bits per heavy atom. The fourth-order valence-electron chi connectivity index (χ4n) is 1.95. The quantitative estimate of drug-likeness (QED) is 0.549. The molecule has 0 atom stereocenters. The van der Waals surface area contributed by atoms with Gasteiger partial charge in [-0.05, 0) is 23.3 Å². The Balaban J connectivity index is 2.61. The van der Waals surface area contributed by atoms with Crippen molar-refractivity contribution >= 4 is 6.29 Å². The van der Waals surface area contributed by atoms with Crippen LogP contribution in [0.5, 0.6) is 0 Å². The summed E-state index contributed by atoms with van der Waals surface area (Å²) in [5, 5.41) is 0. The Morgan fingerprint density at radius 2 is 1.36 bits per heavy atom. The molecule has 0 heterocycles. The van der Waals surface area contributed by atoms with Gasteiger partial charge in [-0.15, -0.1) is 0 Å². The molecule has 0 fully saturated rings. The van der Waals surface area contributed by atoms with Crippen LogP contribution in [0.2, 0.25) is 0 Å². The van der Waals surface area contributed by atoms with E-state index in [0.717, 1.165) is 6.07 Å². The smallest absolute Gasteiger partial charge is 0.298 e. The van der Waals surface area contributed by atoms with Gasteiger partial charge in [0.2, 0.25) is 0 Å². The highest BCUT2D eigenvalue weighted by Gasteiger charge is 2.38. The molecular weight excluding hydrogens is 310 g/mol. The van der Waals surface area contributed by atoms with E-state index in [4.69, 9.17) is 0 Å². The third kappa shape index (κ3) is 3.29. The molecule has 0 amide bonds. The summed E-state index contributed by atoms with van der Waals surface area (Å²) in [7, 11) is 0. The molecule has 0 bridgehead atoms. The molecule has 2 aromatic carbocycles. The number of benzene rings is 2. The fourth-order valence-corrected chi connectivity index (χ4v) is 1.95. The average molecular weight is 318 g/mol. The van der Waals surface area contributed by atoms with Crippen molar-refractivity contribution in [3.8, 4) is 11.1 Å². The maximum atomic E-state index is 13.0. The number of hydrogen-bond acceptors (Lipinski definition) is 1. The Hall–Kier alpha value is -2.31. The Labute approximate surface area is 121 Å². The van der Waals surface area contributed by atoms with Gasteiger partial charge in [-0.25, -0.2) is 0 Å². The van der Waals surface area contributed by atoms with Gasteiger partial charge in [0.25, 0.3) is 0 Å². The lowest BCUT2D eigenvalue weighted by Crippen LogP contribution is -2.12. The van der Waals surface area contributed by atoms with Crippen LogP contribution in [0, 0.1) is 0 Å². The number of halogens is 6. The van der Waals surface area contributed by atoms with E-state index in [0.29, 0.717) is 12.4 Å². The summed E-state index contributed by atoms with van der Waals surface area (Å²) in [6, 6.07) is 6.55. The van der Waals surface area contributed by atoms with Crippen molar-refractivity contribution in [2.45, 2.75) is 12.4 Å². The molecule has 0 saturated heterocycles. The van der Waals surface area contributed by atoms with Crippen LogP contribution in [-0.4, -0.2) is 6.29 Å². The molecule has 0 aliphatic heterocycles. The SMILES string of the molecule is O=Cc1ccc(-c2ccc(C(F)(F)F)cc2C(F)(F)F)cc1. The summed E-state index contributed by atoms with van der Waals surface area (Å²) in [4.78, 5) is 10.5. The summed E-state index contributed by atoms with van der Waals surface area (Å²) in [6.45, 7) is 0. The van der Waals surface area contributed by atoms with Gasteiger partial charge >= 0.3 is 12.4 Å². The standard InChI is InChI=1S/C15H8F6O/c16-14(17,18)11-5-6-12(13(7-11)15(19,20)21)10-3-1-9(8-22)2-4-10/h1-8H. The molecule has 1 nitrogen and oxygen atoms in total. The minimum atomic E-state index is -4.93. The molecule has 2 aromatic rings. The highest BCUT2D eigenvalue weighted by Crippen LogP contribution is 2.40. The fraction of sp³-hybridized carbons (Fsp3) is 0.133. The molecule has 7 heteroatoms. The number of carbonyl (C=O) groups excluding carboxylic acids is 1. The van der Waals surface area contributed by atoms with Gasteiger partial charge in [0, 0.05) is 5.56 Å². The largest absolute Gasteiger partial charge is 0.417 e. The predicted octanol–water partition coefficient (Wildman–Crippen LogP) is 5.20. The first-order chi connectivity index (χ1) is 10.1. The first-order valence-corrected chi connectivity index (χ1v) is 5.97. The van der Waals surface area contributed by atoms with Crippen molar-refractivity contribution in [1.82, 2.24) is 0 Å². The Morgan fingerprint density at radius 1 is 0.773 bits per heavy atom. The van der Waals surface area contributed by atoms with Crippen LogP contribution < -0.4 is 0 Å². The van der Waals surface area contributed by atoms with Crippen LogP contribution in [0.3, 0.4) is 0 Å². The average Bonchev–Trinajstić information content (AvgIpc) is 2.45. The number of alkyl halides is 6.